The van der Waals surface area contributed by atoms with Crippen LogP contribution in [0, 0.1) is 0 Å². The van der Waals surface area contributed by atoms with Crippen LogP contribution in [0.3, 0.4) is 0 Å². The van der Waals surface area contributed by atoms with E-state index in [1.807, 2.05) is 19.1 Å². The summed E-state index contributed by atoms with van der Waals surface area (Å²) < 4.78 is 11.0. The molecular weight excluding hydrogens is 278 g/mol. The van der Waals surface area contributed by atoms with E-state index in [0.717, 1.165) is 19.4 Å². The minimum Gasteiger partial charge on any atom is -0.489 e. The molecule has 0 saturated heterocycles. The number of halogens is 1. The van der Waals surface area contributed by atoms with Gasteiger partial charge in [0.1, 0.15) is 18.5 Å². The van der Waals surface area contributed by atoms with E-state index in [-0.39, 0.29) is 6.61 Å². The predicted molar refractivity (Wildman–Crippen MR) is 79.4 cm³/mol. The molecule has 1 aromatic rings. The molecule has 1 saturated carbocycles. The van der Waals surface area contributed by atoms with Gasteiger partial charge >= 0.3 is 0 Å². The number of ether oxygens (including phenoxy) is 2. The van der Waals surface area contributed by atoms with Crippen LogP contribution in [0.25, 0.3) is 0 Å². The molecule has 2 N–H and O–H groups in total. The van der Waals surface area contributed by atoms with Crippen LogP contribution in [0.4, 0.5) is 0 Å². The summed E-state index contributed by atoms with van der Waals surface area (Å²) in [6.07, 6.45) is 1.88. The summed E-state index contributed by atoms with van der Waals surface area (Å²) in [4.78, 5) is 0. The molecule has 1 aromatic carbocycles. The van der Waals surface area contributed by atoms with E-state index in [1.54, 1.807) is 12.1 Å². The highest BCUT2D eigenvalue weighted by molar-refractivity contribution is 6.32. The fraction of sp³-hybridized carbons (Fsp3) is 0.600. The zero-order chi connectivity index (χ0) is 14.4. The molecule has 0 radical (unpaired) electrons. The largest absolute Gasteiger partial charge is 0.489 e. The molecule has 1 aliphatic carbocycles. The highest BCUT2D eigenvalue weighted by Crippen LogP contribution is 2.24. The van der Waals surface area contributed by atoms with Crippen molar-refractivity contribution in [3.63, 3.8) is 0 Å². The van der Waals surface area contributed by atoms with E-state index in [1.165, 1.54) is 0 Å². The van der Waals surface area contributed by atoms with Crippen LogP contribution in [-0.4, -0.2) is 43.1 Å². The maximum atomic E-state index is 9.88. The zero-order valence-electron chi connectivity index (χ0n) is 11.7. The maximum Gasteiger partial charge on any atom is 0.138 e. The van der Waals surface area contributed by atoms with Crippen molar-refractivity contribution in [2.75, 3.05) is 19.8 Å². The molecule has 1 aliphatic rings. The standard InChI is InChI=1S/C15H22ClNO3/c1-2-19-13-7-11(8-13)17-9-12(18)10-20-15-6-4-3-5-14(15)16/h3-6,11-13,17-18H,2,7-10H2,1H3. The van der Waals surface area contributed by atoms with Crippen molar-refractivity contribution in [2.45, 2.75) is 38.0 Å². The van der Waals surface area contributed by atoms with Gasteiger partial charge < -0.3 is 19.9 Å². The highest BCUT2D eigenvalue weighted by atomic mass is 35.5. The van der Waals surface area contributed by atoms with Gasteiger partial charge in [-0.15, -0.1) is 0 Å². The molecule has 1 fully saturated rings. The molecule has 0 amide bonds. The van der Waals surface area contributed by atoms with Crippen molar-refractivity contribution in [3.8, 4) is 5.75 Å². The Bertz CT molecular complexity index is 410. The van der Waals surface area contributed by atoms with Gasteiger partial charge in [-0.3, -0.25) is 0 Å². The van der Waals surface area contributed by atoms with E-state index < -0.39 is 6.10 Å². The average molecular weight is 300 g/mol. The summed E-state index contributed by atoms with van der Waals surface area (Å²) in [7, 11) is 0. The Morgan fingerprint density at radius 2 is 2.15 bits per heavy atom. The normalized spacial score (nSPS) is 23.1. The molecule has 1 atom stereocenters. The summed E-state index contributed by atoms with van der Waals surface area (Å²) in [5, 5.41) is 13.8. The smallest absolute Gasteiger partial charge is 0.138 e. The molecule has 2 rings (SSSR count). The van der Waals surface area contributed by atoms with Crippen molar-refractivity contribution in [3.05, 3.63) is 29.3 Å². The number of hydrogen-bond acceptors (Lipinski definition) is 4. The number of benzene rings is 1. The molecule has 20 heavy (non-hydrogen) atoms. The summed E-state index contributed by atoms with van der Waals surface area (Å²) in [5.74, 6) is 0.605. The molecule has 0 bridgehead atoms. The van der Waals surface area contributed by atoms with E-state index in [4.69, 9.17) is 21.1 Å². The van der Waals surface area contributed by atoms with Crippen molar-refractivity contribution in [2.24, 2.45) is 0 Å². The third kappa shape index (κ3) is 4.63. The SMILES string of the molecule is CCOC1CC(NCC(O)COc2ccccc2Cl)C1. The first kappa shape index (κ1) is 15.6. The van der Waals surface area contributed by atoms with Crippen LogP contribution in [-0.2, 0) is 4.74 Å². The number of nitrogens with one attached hydrogen (secondary N) is 1. The monoisotopic (exact) mass is 299 g/mol. The Balaban J connectivity index is 1.60. The number of aliphatic hydroxyl groups excluding tert-OH is 1. The quantitative estimate of drug-likeness (QED) is 0.773. The summed E-state index contributed by atoms with van der Waals surface area (Å²) in [6.45, 7) is 3.54. The first-order valence-corrected chi connectivity index (χ1v) is 7.47. The predicted octanol–water partition coefficient (Wildman–Crippen LogP) is 2.24. The zero-order valence-corrected chi connectivity index (χ0v) is 12.5. The second kappa shape index (κ2) is 7.84. The third-order valence-corrected chi connectivity index (χ3v) is 3.72. The number of para-hydroxylation sites is 1. The van der Waals surface area contributed by atoms with E-state index >= 15 is 0 Å². The van der Waals surface area contributed by atoms with Crippen LogP contribution < -0.4 is 10.1 Å². The van der Waals surface area contributed by atoms with E-state index in [9.17, 15) is 5.11 Å². The van der Waals surface area contributed by atoms with Crippen LogP contribution in [0.5, 0.6) is 5.75 Å². The summed E-state index contributed by atoms with van der Waals surface area (Å²) in [5.41, 5.74) is 0. The Morgan fingerprint density at radius 3 is 2.85 bits per heavy atom. The fourth-order valence-corrected chi connectivity index (χ4v) is 2.40. The molecule has 0 aromatic heterocycles. The van der Waals surface area contributed by atoms with Gasteiger partial charge in [-0.2, -0.15) is 0 Å². The fourth-order valence-electron chi connectivity index (χ4n) is 2.21. The van der Waals surface area contributed by atoms with Gasteiger partial charge in [-0.25, -0.2) is 0 Å². The van der Waals surface area contributed by atoms with Gasteiger partial charge in [0.2, 0.25) is 0 Å². The molecule has 1 unspecified atom stereocenters. The topological polar surface area (TPSA) is 50.7 Å². The van der Waals surface area contributed by atoms with Gasteiger partial charge in [0.15, 0.2) is 0 Å². The second-order valence-corrected chi connectivity index (χ2v) is 5.46. The van der Waals surface area contributed by atoms with Gasteiger partial charge in [0.25, 0.3) is 0 Å². The molecule has 0 heterocycles. The lowest BCUT2D eigenvalue weighted by atomic mass is 9.89. The Labute approximate surface area is 125 Å². The third-order valence-electron chi connectivity index (χ3n) is 3.41. The molecule has 4 nitrogen and oxygen atoms in total. The van der Waals surface area contributed by atoms with Crippen molar-refractivity contribution in [1.82, 2.24) is 5.32 Å². The minimum absolute atomic E-state index is 0.234. The first-order chi connectivity index (χ1) is 9.69. The van der Waals surface area contributed by atoms with Crippen LogP contribution in [0.1, 0.15) is 19.8 Å². The van der Waals surface area contributed by atoms with Crippen molar-refractivity contribution >= 4 is 11.6 Å². The Morgan fingerprint density at radius 1 is 1.40 bits per heavy atom. The van der Waals surface area contributed by atoms with Gasteiger partial charge in [-0.1, -0.05) is 23.7 Å². The second-order valence-electron chi connectivity index (χ2n) is 5.05. The van der Waals surface area contributed by atoms with Crippen LogP contribution in [0.15, 0.2) is 24.3 Å². The van der Waals surface area contributed by atoms with E-state index in [2.05, 4.69) is 5.32 Å². The summed E-state index contributed by atoms with van der Waals surface area (Å²) >= 11 is 5.98. The van der Waals surface area contributed by atoms with Crippen LogP contribution >= 0.6 is 11.6 Å². The Hall–Kier alpha value is -0.810. The lowest BCUT2D eigenvalue weighted by molar-refractivity contribution is -0.0134. The lowest BCUT2D eigenvalue weighted by Crippen LogP contribution is -2.48. The van der Waals surface area contributed by atoms with Crippen molar-refractivity contribution in [1.29, 1.82) is 0 Å². The van der Waals surface area contributed by atoms with Gasteiger partial charge in [-0.05, 0) is 31.9 Å². The number of hydrogen-bond donors (Lipinski definition) is 2. The minimum atomic E-state index is -0.544. The maximum absolute atomic E-state index is 9.88. The van der Waals surface area contributed by atoms with E-state index in [0.29, 0.717) is 29.5 Å². The van der Waals surface area contributed by atoms with Crippen LogP contribution in [0.2, 0.25) is 5.02 Å². The molecule has 5 heteroatoms. The lowest BCUT2D eigenvalue weighted by Gasteiger charge is -2.36. The molecular formula is C15H22ClNO3. The first-order valence-electron chi connectivity index (χ1n) is 7.09. The summed E-state index contributed by atoms with van der Waals surface area (Å²) in [6, 6.07) is 7.71. The number of rotatable bonds is 8. The van der Waals surface area contributed by atoms with Gasteiger partial charge in [0.05, 0.1) is 11.1 Å². The highest BCUT2D eigenvalue weighted by Gasteiger charge is 2.29. The molecule has 0 spiro atoms. The average Bonchev–Trinajstić information content (AvgIpc) is 2.40. The Kier molecular flexibility index (Phi) is 6.10. The molecule has 112 valence electrons. The number of aliphatic hydroxyl groups is 1. The van der Waals surface area contributed by atoms with Crippen molar-refractivity contribution < 1.29 is 14.6 Å². The molecule has 0 aliphatic heterocycles. The van der Waals surface area contributed by atoms with Gasteiger partial charge in [0, 0.05) is 19.2 Å².